The Hall–Kier alpha value is -1.16. The molecule has 0 rings (SSSR count). The summed E-state index contributed by atoms with van der Waals surface area (Å²) in [4.78, 5) is 42.4. The van der Waals surface area contributed by atoms with E-state index in [1.807, 2.05) is 38.3 Å². The Bertz CT molecular complexity index is 440. The van der Waals surface area contributed by atoms with Crippen LogP contribution in [0.15, 0.2) is 0 Å². The van der Waals surface area contributed by atoms with Crippen LogP contribution in [0.5, 0.6) is 0 Å². The molecule has 134 valence electrons. The molecule has 23 heavy (non-hydrogen) atoms. The second-order valence-corrected chi connectivity index (χ2v) is 7.49. The van der Waals surface area contributed by atoms with Crippen LogP contribution in [0.2, 0.25) is 0 Å². The van der Waals surface area contributed by atoms with Gasteiger partial charge in [0.05, 0.1) is 4.83 Å². The van der Waals surface area contributed by atoms with Gasteiger partial charge in [0.25, 0.3) is 0 Å². The Morgan fingerprint density at radius 1 is 1.00 bits per heavy atom. The molecule has 1 atom stereocenters. The van der Waals surface area contributed by atoms with Crippen molar-refractivity contribution in [3.05, 3.63) is 0 Å². The molecule has 0 fully saturated rings. The first-order valence-electron chi connectivity index (χ1n) is 6.95. The number of urea groups is 2. The van der Waals surface area contributed by atoms with Gasteiger partial charge >= 0.3 is 12.1 Å². The third kappa shape index (κ3) is 10.3. The van der Waals surface area contributed by atoms with Crippen molar-refractivity contribution in [1.82, 2.24) is 10.6 Å². The van der Waals surface area contributed by atoms with E-state index in [0.717, 1.165) is 0 Å². The van der Waals surface area contributed by atoms with Gasteiger partial charge in [-0.05, 0) is 18.8 Å². The van der Waals surface area contributed by atoms with Gasteiger partial charge in [-0.1, -0.05) is 59.6 Å². The largest absolute Gasteiger partial charge is 0.351 e. The van der Waals surface area contributed by atoms with Gasteiger partial charge < -0.3 is 11.5 Å². The zero-order valence-electron chi connectivity index (χ0n) is 13.6. The summed E-state index contributed by atoms with van der Waals surface area (Å²) in [5, 5.41) is 4.02. The van der Waals surface area contributed by atoms with Gasteiger partial charge in [-0.15, -0.1) is 0 Å². The third-order valence-corrected chi connectivity index (χ3v) is 5.80. The number of primary amides is 2. The predicted octanol–water partition coefficient (Wildman–Crippen LogP) is 1.74. The summed E-state index contributed by atoms with van der Waals surface area (Å²) >= 11 is 6.37. The van der Waals surface area contributed by atoms with Crippen LogP contribution in [-0.4, -0.2) is 33.0 Å². The normalized spacial score (nSPS) is 11.8. The summed E-state index contributed by atoms with van der Waals surface area (Å²) in [6.07, 6.45) is 1.23. The SMILES string of the molecule is CC(C)C(Br)C(=O)NC(N)=O.CCC(Br)(CC)C(=O)NC(N)=O. The molecule has 0 aliphatic rings. The number of imide groups is 2. The molecule has 0 spiro atoms. The fraction of sp³-hybridized carbons (Fsp3) is 0.692. The minimum absolute atomic E-state index is 0.134. The Morgan fingerprint density at radius 2 is 1.39 bits per heavy atom. The van der Waals surface area contributed by atoms with Gasteiger partial charge in [0.1, 0.15) is 4.32 Å². The van der Waals surface area contributed by atoms with E-state index in [9.17, 15) is 19.2 Å². The molecule has 0 aromatic heterocycles. The summed E-state index contributed by atoms with van der Waals surface area (Å²) in [5.41, 5.74) is 9.55. The minimum atomic E-state index is -0.819. The van der Waals surface area contributed by atoms with Crippen LogP contribution in [0.4, 0.5) is 9.59 Å². The van der Waals surface area contributed by atoms with Crippen LogP contribution >= 0.6 is 31.9 Å². The second kappa shape index (κ2) is 11.4. The minimum Gasteiger partial charge on any atom is -0.351 e. The first-order valence-corrected chi connectivity index (χ1v) is 8.66. The Labute approximate surface area is 152 Å². The fourth-order valence-corrected chi connectivity index (χ4v) is 1.50. The number of carbonyl (C=O) groups is 4. The van der Waals surface area contributed by atoms with Crippen molar-refractivity contribution in [3.63, 3.8) is 0 Å². The highest BCUT2D eigenvalue weighted by molar-refractivity contribution is 9.10. The van der Waals surface area contributed by atoms with Crippen molar-refractivity contribution in [2.45, 2.75) is 49.7 Å². The van der Waals surface area contributed by atoms with Gasteiger partial charge in [-0.2, -0.15) is 0 Å². The van der Waals surface area contributed by atoms with Crippen LogP contribution < -0.4 is 22.1 Å². The lowest BCUT2D eigenvalue weighted by Gasteiger charge is -2.21. The molecule has 10 heteroatoms. The molecule has 0 saturated heterocycles. The smallest absolute Gasteiger partial charge is 0.318 e. The summed E-state index contributed by atoms with van der Waals surface area (Å²) in [5.74, 6) is -0.637. The first-order chi connectivity index (χ1) is 10.4. The number of hydrogen-bond donors (Lipinski definition) is 4. The molecule has 0 saturated carbocycles. The van der Waals surface area contributed by atoms with Gasteiger partial charge in [0, 0.05) is 0 Å². The Balaban J connectivity index is 0. The van der Waals surface area contributed by atoms with E-state index in [2.05, 4.69) is 31.9 Å². The summed E-state index contributed by atoms with van der Waals surface area (Å²) in [7, 11) is 0. The molecule has 0 bridgehead atoms. The molecule has 6 amide bonds. The maximum absolute atomic E-state index is 11.3. The van der Waals surface area contributed by atoms with Gasteiger partial charge in [-0.3, -0.25) is 20.2 Å². The lowest BCUT2D eigenvalue weighted by atomic mass is 10.0. The van der Waals surface area contributed by atoms with E-state index < -0.39 is 22.3 Å². The number of rotatable bonds is 5. The molecule has 1 unspecified atom stereocenters. The van der Waals surface area contributed by atoms with Crippen molar-refractivity contribution < 1.29 is 19.2 Å². The van der Waals surface area contributed by atoms with Crippen molar-refractivity contribution in [3.8, 4) is 0 Å². The maximum atomic E-state index is 11.3. The molecule has 0 radical (unpaired) electrons. The fourth-order valence-electron chi connectivity index (χ4n) is 1.29. The number of halogens is 2. The topological polar surface area (TPSA) is 144 Å². The van der Waals surface area contributed by atoms with Crippen molar-refractivity contribution in [1.29, 1.82) is 0 Å². The average Bonchev–Trinajstić information content (AvgIpc) is 2.44. The standard InChI is InChI=1S/C7H13BrN2O2.C6H11BrN2O2/c1-3-7(8,4-2)5(11)10-6(9)12;1-3(2)4(7)5(10)9-6(8)11/h3-4H2,1-2H3,(H3,9,10,11,12);3-4H,1-2H3,(H3,8,9,10,11). The summed E-state index contributed by atoms with van der Waals surface area (Å²) < 4.78 is -0.665. The number of carbonyl (C=O) groups excluding carboxylic acids is 4. The van der Waals surface area contributed by atoms with Crippen LogP contribution in [0, 0.1) is 5.92 Å². The molecule has 0 aromatic rings. The number of nitrogens with one attached hydrogen (secondary N) is 2. The molecule has 0 aliphatic carbocycles. The van der Waals surface area contributed by atoms with Gasteiger partial charge in [0.15, 0.2) is 0 Å². The highest BCUT2D eigenvalue weighted by atomic mass is 79.9. The van der Waals surface area contributed by atoms with Crippen molar-refractivity contribution >= 4 is 55.7 Å². The second-order valence-electron chi connectivity index (χ2n) is 4.99. The van der Waals surface area contributed by atoms with Crippen LogP contribution in [0.1, 0.15) is 40.5 Å². The van der Waals surface area contributed by atoms with Crippen LogP contribution in [0.25, 0.3) is 0 Å². The maximum Gasteiger partial charge on any atom is 0.318 e. The summed E-state index contributed by atoms with van der Waals surface area (Å²) in [6, 6.07) is -1.63. The van der Waals surface area contributed by atoms with Crippen molar-refractivity contribution in [2.75, 3.05) is 0 Å². The summed E-state index contributed by atoms with van der Waals surface area (Å²) in [6.45, 7) is 7.44. The van der Waals surface area contributed by atoms with E-state index >= 15 is 0 Å². The van der Waals surface area contributed by atoms with E-state index in [1.165, 1.54) is 0 Å². The molecular weight excluding hydrogens is 436 g/mol. The number of hydrogen-bond acceptors (Lipinski definition) is 4. The first kappa shape index (κ1) is 24.1. The predicted molar refractivity (Wildman–Crippen MR) is 95.2 cm³/mol. The number of alkyl halides is 2. The number of amides is 6. The monoisotopic (exact) mass is 458 g/mol. The van der Waals surface area contributed by atoms with Crippen LogP contribution in [-0.2, 0) is 9.59 Å². The van der Waals surface area contributed by atoms with E-state index in [1.54, 1.807) is 0 Å². The Kier molecular flexibility index (Phi) is 11.9. The molecule has 8 nitrogen and oxygen atoms in total. The lowest BCUT2D eigenvalue weighted by Crippen LogP contribution is -2.46. The molecular formula is C13H24Br2N4O4. The zero-order valence-corrected chi connectivity index (χ0v) is 16.8. The van der Waals surface area contributed by atoms with Gasteiger partial charge in [-0.25, -0.2) is 9.59 Å². The van der Waals surface area contributed by atoms with Crippen molar-refractivity contribution in [2.24, 2.45) is 17.4 Å². The Morgan fingerprint density at radius 3 is 1.65 bits per heavy atom. The van der Waals surface area contributed by atoms with E-state index in [4.69, 9.17) is 11.5 Å². The molecule has 0 aromatic carbocycles. The zero-order chi connectivity index (χ0) is 18.8. The molecule has 0 aliphatic heterocycles. The lowest BCUT2D eigenvalue weighted by molar-refractivity contribution is -0.122. The number of nitrogens with two attached hydrogens (primary N) is 2. The van der Waals surface area contributed by atoms with Gasteiger partial charge in [0.2, 0.25) is 11.8 Å². The van der Waals surface area contributed by atoms with E-state index in [-0.39, 0.29) is 16.7 Å². The quantitative estimate of drug-likeness (QED) is 0.464. The van der Waals surface area contributed by atoms with Crippen LogP contribution in [0.3, 0.4) is 0 Å². The third-order valence-electron chi connectivity index (χ3n) is 2.85. The molecule has 0 heterocycles. The molecule has 6 N–H and O–H groups in total. The average molecular weight is 460 g/mol. The highest BCUT2D eigenvalue weighted by Gasteiger charge is 2.32. The highest BCUT2D eigenvalue weighted by Crippen LogP contribution is 2.26. The van der Waals surface area contributed by atoms with E-state index in [0.29, 0.717) is 12.8 Å².